The first-order valence-electron chi connectivity index (χ1n) is 8.29. The molecular weight excluding hydrogens is 336 g/mol. The Morgan fingerprint density at radius 2 is 1.84 bits per heavy atom. The van der Waals surface area contributed by atoms with E-state index in [9.17, 15) is 13.2 Å². The summed E-state index contributed by atoms with van der Waals surface area (Å²) < 4.78 is 26.2. The van der Waals surface area contributed by atoms with Gasteiger partial charge in [-0.2, -0.15) is 0 Å². The summed E-state index contributed by atoms with van der Waals surface area (Å²) in [6.45, 7) is 5.73. The standard InChI is InChI=1S/C19H24N2O3S/c1-4-12-25(23,24)21-17-10-7-9-16(13-17)19(22)20-15(3)18-11-6-5-8-14(18)2/h5-11,13,15,21H,4,12H2,1-3H3,(H,20,22). The van der Waals surface area contributed by atoms with Gasteiger partial charge in [0, 0.05) is 11.3 Å². The number of rotatable bonds is 7. The lowest BCUT2D eigenvalue weighted by Crippen LogP contribution is -2.27. The summed E-state index contributed by atoms with van der Waals surface area (Å²) in [6, 6.07) is 14.2. The fourth-order valence-electron chi connectivity index (χ4n) is 2.65. The Balaban J connectivity index is 2.12. The van der Waals surface area contributed by atoms with Crippen molar-refractivity contribution in [3.05, 3.63) is 65.2 Å². The molecule has 0 radical (unpaired) electrons. The molecule has 0 fully saturated rings. The Morgan fingerprint density at radius 1 is 1.12 bits per heavy atom. The van der Waals surface area contributed by atoms with E-state index in [1.165, 1.54) is 0 Å². The maximum atomic E-state index is 12.5. The number of amides is 1. The zero-order valence-corrected chi connectivity index (χ0v) is 15.6. The van der Waals surface area contributed by atoms with E-state index < -0.39 is 10.0 Å². The molecule has 1 unspecified atom stereocenters. The lowest BCUT2D eigenvalue weighted by atomic mass is 10.0. The van der Waals surface area contributed by atoms with Crippen LogP contribution in [-0.2, 0) is 10.0 Å². The summed E-state index contributed by atoms with van der Waals surface area (Å²) in [5.74, 6) is -0.194. The van der Waals surface area contributed by atoms with Crippen LogP contribution in [0.1, 0.15) is 47.8 Å². The maximum Gasteiger partial charge on any atom is 0.251 e. The van der Waals surface area contributed by atoms with Crippen LogP contribution in [0.4, 0.5) is 5.69 Å². The van der Waals surface area contributed by atoms with Gasteiger partial charge < -0.3 is 5.32 Å². The summed E-state index contributed by atoms with van der Waals surface area (Å²) in [5.41, 5.74) is 2.97. The van der Waals surface area contributed by atoms with Gasteiger partial charge in [0.05, 0.1) is 11.8 Å². The number of carbonyl (C=O) groups is 1. The van der Waals surface area contributed by atoms with Gasteiger partial charge in [0.2, 0.25) is 10.0 Å². The molecule has 0 aliphatic heterocycles. The van der Waals surface area contributed by atoms with E-state index >= 15 is 0 Å². The number of anilines is 1. The first-order valence-corrected chi connectivity index (χ1v) is 9.94. The van der Waals surface area contributed by atoms with Crippen molar-refractivity contribution in [2.45, 2.75) is 33.2 Å². The van der Waals surface area contributed by atoms with Crippen LogP contribution < -0.4 is 10.0 Å². The number of aryl methyl sites for hydroxylation is 1. The van der Waals surface area contributed by atoms with Crippen LogP contribution in [0.5, 0.6) is 0 Å². The van der Waals surface area contributed by atoms with Crippen molar-refractivity contribution < 1.29 is 13.2 Å². The highest BCUT2D eigenvalue weighted by Crippen LogP contribution is 2.18. The van der Waals surface area contributed by atoms with Crippen molar-refractivity contribution in [1.82, 2.24) is 5.32 Å². The molecular formula is C19H24N2O3S. The minimum absolute atomic E-state index is 0.0493. The Hall–Kier alpha value is -2.34. The van der Waals surface area contributed by atoms with Gasteiger partial charge in [-0.05, 0) is 49.6 Å². The quantitative estimate of drug-likeness (QED) is 0.791. The van der Waals surface area contributed by atoms with Crippen molar-refractivity contribution in [3.63, 3.8) is 0 Å². The van der Waals surface area contributed by atoms with E-state index in [4.69, 9.17) is 0 Å². The largest absolute Gasteiger partial charge is 0.346 e. The van der Waals surface area contributed by atoms with Gasteiger partial charge >= 0.3 is 0 Å². The van der Waals surface area contributed by atoms with E-state index in [0.717, 1.165) is 11.1 Å². The van der Waals surface area contributed by atoms with E-state index in [1.807, 2.05) is 38.1 Å². The number of benzene rings is 2. The highest BCUT2D eigenvalue weighted by atomic mass is 32.2. The molecule has 0 aromatic heterocycles. The number of nitrogens with one attached hydrogen (secondary N) is 2. The Morgan fingerprint density at radius 3 is 2.52 bits per heavy atom. The number of hydrogen-bond acceptors (Lipinski definition) is 3. The molecule has 0 aliphatic carbocycles. The Kier molecular flexibility index (Phi) is 6.20. The summed E-state index contributed by atoms with van der Waals surface area (Å²) in [5, 5.41) is 2.95. The Bertz CT molecular complexity index is 847. The van der Waals surface area contributed by atoms with Crippen LogP contribution in [0, 0.1) is 6.92 Å². The topological polar surface area (TPSA) is 75.3 Å². The van der Waals surface area contributed by atoms with E-state index in [-0.39, 0.29) is 17.7 Å². The second-order valence-electron chi connectivity index (χ2n) is 6.05. The first kappa shape index (κ1) is 19.0. The van der Waals surface area contributed by atoms with Crippen molar-refractivity contribution in [1.29, 1.82) is 0 Å². The van der Waals surface area contributed by atoms with Crippen LogP contribution in [-0.4, -0.2) is 20.1 Å². The van der Waals surface area contributed by atoms with Gasteiger partial charge in [-0.25, -0.2) is 8.42 Å². The third-order valence-electron chi connectivity index (χ3n) is 3.87. The molecule has 0 saturated carbocycles. The minimum atomic E-state index is -3.38. The molecule has 0 bridgehead atoms. The molecule has 25 heavy (non-hydrogen) atoms. The number of sulfonamides is 1. The van der Waals surface area contributed by atoms with Crippen LogP contribution in [0.3, 0.4) is 0 Å². The number of hydrogen-bond donors (Lipinski definition) is 2. The van der Waals surface area contributed by atoms with E-state index in [1.54, 1.807) is 31.2 Å². The van der Waals surface area contributed by atoms with Crippen molar-refractivity contribution in [2.24, 2.45) is 0 Å². The van der Waals surface area contributed by atoms with Crippen molar-refractivity contribution in [2.75, 3.05) is 10.5 Å². The zero-order chi connectivity index (χ0) is 18.4. The van der Waals surface area contributed by atoms with E-state index in [2.05, 4.69) is 10.0 Å². The van der Waals surface area contributed by atoms with Gasteiger partial charge in [-0.3, -0.25) is 9.52 Å². The summed E-state index contributed by atoms with van der Waals surface area (Å²) in [4.78, 5) is 12.5. The van der Waals surface area contributed by atoms with Crippen LogP contribution in [0.2, 0.25) is 0 Å². The van der Waals surface area contributed by atoms with Gasteiger partial charge in [0.1, 0.15) is 0 Å². The zero-order valence-electron chi connectivity index (χ0n) is 14.7. The summed E-state index contributed by atoms with van der Waals surface area (Å²) in [7, 11) is -3.38. The molecule has 134 valence electrons. The lowest BCUT2D eigenvalue weighted by molar-refractivity contribution is 0.0940. The smallest absolute Gasteiger partial charge is 0.251 e. The molecule has 0 heterocycles. The molecule has 1 amide bonds. The molecule has 1 atom stereocenters. The van der Waals surface area contributed by atoms with Gasteiger partial charge in [0.25, 0.3) is 5.91 Å². The summed E-state index contributed by atoms with van der Waals surface area (Å²) >= 11 is 0. The molecule has 6 heteroatoms. The lowest BCUT2D eigenvalue weighted by Gasteiger charge is -2.17. The monoisotopic (exact) mass is 360 g/mol. The second kappa shape index (κ2) is 8.16. The predicted molar refractivity (Wildman–Crippen MR) is 101 cm³/mol. The van der Waals surface area contributed by atoms with Crippen LogP contribution in [0.25, 0.3) is 0 Å². The predicted octanol–water partition coefficient (Wildman–Crippen LogP) is 3.64. The average Bonchev–Trinajstić information content (AvgIpc) is 2.54. The third-order valence-corrected chi connectivity index (χ3v) is 5.37. The molecule has 2 aromatic rings. The maximum absolute atomic E-state index is 12.5. The molecule has 2 N–H and O–H groups in total. The molecule has 0 saturated heterocycles. The van der Waals surface area contributed by atoms with Gasteiger partial charge in [-0.15, -0.1) is 0 Å². The van der Waals surface area contributed by atoms with Gasteiger partial charge in [0.15, 0.2) is 0 Å². The van der Waals surface area contributed by atoms with Crippen molar-refractivity contribution in [3.8, 4) is 0 Å². The minimum Gasteiger partial charge on any atom is -0.346 e. The Labute approximate surface area is 149 Å². The fourth-order valence-corrected chi connectivity index (χ4v) is 3.78. The molecule has 0 spiro atoms. The van der Waals surface area contributed by atoms with E-state index in [0.29, 0.717) is 17.7 Å². The molecule has 2 rings (SSSR count). The average molecular weight is 360 g/mol. The second-order valence-corrected chi connectivity index (χ2v) is 7.90. The number of carbonyl (C=O) groups excluding carboxylic acids is 1. The van der Waals surface area contributed by atoms with Gasteiger partial charge in [-0.1, -0.05) is 37.3 Å². The molecule has 2 aromatic carbocycles. The van der Waals surface area contributed by atoms with Crippen LogP contribution >= 0.6 is 0 Å². The van der Waals surface area contributed by atoms with Crippen LogP contribution in [0.15, 0.2) is 48.5 Å². The first-order chi connectivity index (χ1) is 11.8. The third kappa shape index (κ3) is 5.32. The fraction of sp³-hybridized carbons (Fsp3) is 0.316. The highest BCUT2D eigenvalue weighted by Gasteiger charge is 2.14. The van der Waals surface area contributed by atoms with Crippen molar-refractivity contribution >= 4 is 21.6 Å². The molecule has 5 nitrogen and oxygen atoms in total. The normalized spacial score (nSPS) is 12.4. The SMILES string of the molecule is CCCS(=O)(=O)Nc1cccc(C(=O)NC(C)c2ccccc2C)c1. The highest BCUT2D eigenvalue weighted by molar-refractivity contribution is 7.92. The molecule has 0 aliphatic rings. The summed E-state index contributed by atoms with van der Waals surface area (Å²) in [6.07, 6.45) is 0.531.